The second-order valence-electron chi connectivity index (χ2n) is 6.06. The van der Waals surface area contributed by atoms with Gasteiger partial charge in [0.05, 0.1) is 5.75 Å². The van der Waals surface area contributed by atoms with E-state index in [-0.39, 0.29) is 5.75 Å². The Morgan fingerprint density at radius 1 is 1.00 bits per heavy atom. The number of unbranched alkanes of at least 4 members (excludes halogenated alkanes) is 1. The number of likely N-dealkylation sites (tertiary alicyclic amines) is 1. The van der Waals surface area contributed by atoms with E-state index < -0.39 is 10.0 Å². The molecule has 0 saturated carbocycles. The Morgan fingerprint density at radius 2 is 1.65 bits per heavy atom. The first-order valence-electron chi connectivity index (χ1n) is 7.88. The van der Waals surface area contributed by atoms with Gasteiger partial charge in [-0.2, -0.15) is 0 Å². The lowest BCUT2D eigenvalue weighted by Crippen LogP contribution is -2.42. The number of rotatable bonds is 7. The first kappa shape index (κ1) is 16.5. The molecule has 0 atom stereocenters. The average molecular weight is 323 g/mol. The summed E-state index contributed by atoms with van der Waals surface area (Å²) in [5, 5.41) is 0. The van der Waals surface area contributed by atoms with Gasteiger partial charge in [-0.05, 0) is 57.5 Å². The molecule has 0 bridgehead atoms. The van der Waals surface area contributed by atoms with Crippen LogP contribution in [-0.2, 0) is 10.0 Å². The summed E-state index contributed by atoms with van der Waals surface area (Å²) < 4.78 is 26.1. The highest BCUT2D eigenvalue weighted by Crippen LogP contribution is 2.22. The number of halogens is 1. The molecule has 0 radical (unpaired) electrons. The van der Waals surface area contributed by atoms with Crippen molar-refractivity contribution in [1.82, 2.24) is 9.21 Å². The minimum atomic E-state index is -3.05. The molecule has 2 rings (SSSR count). The smallest absolute Gasteiger partial charge is 0.214 e. The zero-order chi connectivity index (χ0) is 14.4. The normalized spacial score (nSPS) is 23.4. The molecule has 0 aromatic rings. The molecule has 0 amide bonds. The van der Waals surface area contributed by atoms with Gasteiger partial charge < -0.3 is 4.90 Å². The molecule has 0 aromatic heterocycles. The first-order chi connectivity index (χ1) is 9.62. The van der Waals surface area contributed by atoms with E-state index >= 15 is 0 Å². The summed E-state index contributed by atoms with van der Waals surface area (Å²) in [4.78, 5) is 2.54. The van der Waals surface area contributed by atoms with E-state index in [1.165, 1.54) is 32.5 Å². The summed E-state index contributed by atoms with van der Waals surface area (Å²) in [6, 6.07) is 0. The molecule has 2 saturated heterocycles. The topological polar surface area (TPSA) is 40.6 Å². The van der Waals surface area contributed by atoms with Crippen molar-refractivity contribution in [1.29, 1.82) is 0 Å². The first-order valence-corrected chi connectivity index (χ1v) is 10.0. The molecular formula is C14H27ClN2O2S. The summed E-state index contributed by atoms with van der Waals surface area (Å²) in [5.41, 5.74) is 0. The van der Waals surface area contributed by atoms with Gasteiger partial charge in [-0.1, -0.05) is 0 Å². The van der Waals surface area contributed by atoms with Crippen molar-refractivity contribution >= 4 is 21.6 Å². The second kappa shape index (κ2) is 7.97. The molecule has 0 N–H and O–H groups in total. The van der Waals surface area contributed by atoms with Gasteiger partial charge in [-0.15, -0.1) is 11.6 Å². The predicted octanol–water partition coefficient (Wildman–Crippen LogP) is 2.14. The third-order valence-electron chi connectivity index (χ3n) is 4.47. The van der Waals surface area contributed by atoms with Crippen molar-refractivity contribution in [2.45, 2.75) is 38.5 Å². The number of hydrogen-bond acceptors (Lipinski definition) is 3. The Hall–Kier alpha value is 0.160. The SMILES string of the molecule is O=S(=O)(CCCCCl)N1CCC(CN2CCCC2)CC1. The lowest BCUT2D eigenvalue weighted by molar-refractivity contribution is 0.206. The van der Waals surface area contributed by atoms with Crippen LogP contribution in [0.25, 0.3) is 0 Å². The Balaban J connectivity index is 1.72. The molecular weight excluding hydrogens is 296 g/mol. The highest BCUT2D eigenvalue weighted by atomic mass is 35.5. The van der Waals surface area contributed by atoms with E-state index in [4.69, 9.17) is 11.6 Å². The van der Waals surface area contributed by atoms with E-state index in [0.717, 1.165) is 19.3 Å². The fourth-order valence-corrected chi connectivity index (χ4v) is 4.99. The molecule has 0 unspecified atom stereocenters. The highest BCUT2D eigenvalue weighted by Gasteiger charge is 2.28. The van der Waals surface area contributed by atoms with Crippen molar-refractivity contribution in [3.63, 3.8) is 0 Å². The monoisotopic (exact) mass is 322 g/mol. The van der Waals surface area contributed by atoms with E-state index in [1.54, 1.807) is 4.31 Å². The van der Waals surface area contributed by atoms with Crippen LogP contribution in [0.3, 0.4) is 0 Å². The zero-order valence-corrected chi connectivity index (χ0v) is 13.8. The summed E-state index contributed by atoms with van der Waals surface area (Å²) in [6.45, 7) is 5.05. The highest BCUT2D eigenvalue weighted by molar-refractivity contribution is 7.89. The summed E-state index contributed by atoms with van der Waals surface area (Å²) in [7, 11) is -3.05. The fraction of sp³-hybridized carbons (Fsp3) is 1.00. The molecule has 6 heteroatoms. The summed E-state index contributed by atoms with van der Waals surface area (Å²) >= 11 is 5.60. The van der Waals surface area contributed by atoms with Crippen molar-refractivity contribution in [3.05, 3.63) is 0 Å². The van der Waals surface area contributed by atoms with E-state index in [0.29, 0.717) is 31.3 Å². The molecule has 0 aromatic carbocycles. The van der Waals surface area contributed by atoms with E-state index in [2.05, 4.69) is 4.90 Å². The number of alkyl halides is 1. The van der Waals surface area contributed by atoms with Crippen molar-refractivity contribution < 1.29 is 8.42 Å². The van der Waals surface area contributed by atoms with Crippen LogP contribution in [0.1, 0.15) is 38.5 Å². The third kappa shape index (κ3) is 4.86. The van der Waals surface area contributed by atoms with E-state index in [1.807, 2.05) is 0 Å². The molecule has 0 spiro atoms. The second-order valence-corrected chi connectivity index (χ2v) is 8.53. The van der Waals surface area contributed by atoms with Crippen LogP contribution in [-0.4, -0.2) is 62.0 Å². The summed E-state index contributed by atoms with van der Waals surface area (Å²) in [6.07, 6.45) is 6.16. The Labute approximate surface area is 128 Å². The lowest BCUT2D eigenvalue weighted by atomic mass is 9.98. The van der Waals surface area contributed by atoms with Gasteiger partial charge in [0.2, 0.25) is 10.0 Å². The van der Waals surface area contributed by atoms with Crippen LogP contribution in [0.4, 0.5) is 0 Å². The van der Waals surface area contributed by atoms with Crippen molar-refractivity contribution in [2.24, 2.45) is 5.92 Å². The lowest BCUT2D eigenvalue weighted by Gasteiger charge is -2.33. The van der Waals surface area contributed by atoms with Crippen LogP contribution < -0.4 is 0 Å². The van der Waals surface area contributed by atoms with Gasteiger partial charge in [-0.25, -0.2) is 12.7 Å². The predicted molar refractivity (Wildman–Crippen MR) is 83.7 cm³/mol. The average Bonchev–Trinajstić information content (AvgIpc) is 2.92. The summed E-state index contributed by atoms with van der Waals surface area (Å²) in [5.74, 6) is 1.49. The Kier molecular flexibility index (Phi) is 6.59. The number of piperidine rings is 1. The molecule has 20 heavy (non-hydrogen) atoms. The van der Waals surface area contributed by atoms with Gasteiger partial charge in [-0.3, -0.25) is 0 Å². The number of hydrogen-bond donors (Lipinski definition) is 0. The maximum absolute atomic E-state index is 12.2. The minimum Gasteiger partial charge on any atom is -0.303 e. The molecule has 4 nitrogen and oxygen atoms in total. The third-order valence-corrected chi connectivity index (χ3v) is 6.69. The van der Waals surface area contributed by atoms with Crippen LogP contribution in [0.5, 0.6) is 0 Å². The quantitative estimate of drug-likeness (QED) is 0.532. The molecule has 2 aliphatic rings. The van der Waals surface area contributed by atoms with Crippen LogP contribution >= 0.6 is 11.6 Å². The van der Waals surface area contributed by atoms with Gasteiger partial charge in [0, 0.05) is 25.5 Å². The maximum Gasteiger partial charge on any atom is 0.214 e. The molecule has 118 valence electrons. The van der Waals surface area contributed by atoms with Gasteiger partial charge >= 0.3 is 0 Å². The standard InChI is InChI=1S/C14H27ClN2O2S/c15-7-1-4-12-20(18,19)17-10-5-14(6-11-17)13-16-8-2-3-9-16/h14H,1-13H2. The molecule has 0 aliphatic carbocycles. The van der Waals surface area contributed by atoms with Crippen molar-refractivity contribution in [3.8, 4) is 0 Å². The van der Waals surface area contributed by atoms with Crippen LogP contribution in [0, 0.1) is 5.92 Å². The number of sulfonamides is 1. The van der Waals surface area contributed by atoms with Crippen LogP contribution in [0.2, 0.25) is 0 Å². The number of nitrogens with zero attached hydrogens (tertiary/aromatic N) is 2. The van der Waals surface area contributed by atoms with Crippen molar-refractivity contribution in [2.75, 3.05) is 44.4 Å². The van der Waals surface area contributed by atoms with Crippen LogP contribution in [0.15, 0.2) is 0 Å². The molecule has 2 fully saturated rings. The van der Waals surface area contributed by atoms with Gasteiger partial charge in [0.1, 0.15) is 0 Å². The fourth-order valence-electron chi connectivity index (χ4n) is 3.21. The maximum atomic E-state index is 12.2. The van der Waals surface area contributed by atoms with Gasteiger partial charge in [0.15, 0.2) is 0 Å². The Bertz CT molecular complexity index is 375. The minimum absolute atomic E-state index is 0.260. The molecule has 2 aliphatic heterocycles. The van der Waals surface area contributed by atoms with Gasteiger partial charge in [0.25, 0.3) is 0 Å². The van der Waals surface area contributed by atoms with E-state index in [9.17, 15) is 8.42 Å². The largest absolute Gasteiger partial charge is 0.303 e. The zero-order valence-electron chi connectivity index (χ0n) is 12.3. The Morgan fingerprint density at radius 3 is 2.25 bits per heavy atom. The molecule has 2 heterocycles.